The number of hydrogen-bond donors (Lipinski definition) is 1. The molecule has 0 spiro atoms. The molecule has 3 nitrogen and oxygen atoms in total. The molecule has 0 amide bonds. The smallest absolute Gasteiger partial charge is 0.145 e. The third-order valence-corrected chi connectivity index (χ3v) is 2.69. The number of hydrogen-bond acceptors (Lipinski definition) is 3. The van der Waals surface area contributed by atoms with E-state index in [-0.39, 0.29) is 0 Å². The van der Waals surface area contributed by atoms with E-state index in [1.165, 1.54) is 12.8 Å². The second kappa shape index (κ2) is 4.43. The molecule has 2 rings (SSSR count). The summed E-state index contributed by atoms with van der Waals surface area (Å²) in [7, 11) is 3.34. The average Bonchev–Trinajstić information content (AvgIpc) is 3.10. The monoisotopic (exact) mass is 207 g/mol. The molecule has 0 radical (unpaired) electrons. The Balaban J connectivity index is 2.06. The van der Waals surface area contributed by atoms with Crippen LogP contribution in [0.4, 0.5) is 5.69 Å². The number of nitrogens with one attached hydrogen (secondary N) is 1. The standard InChI is InChI=1S/C12H17NO2/c1-14-10-5-6-11(12(7-10)15-2)13-8-9-3-4-9/h5-7,9,13H,3-4,8H2,1-2H3. The van der Waals surface area contributed by atoms with E-state index < -0.39 is 0 Å². The molecule has 0 aromatic heterocycles. The first kappa shape index (κ1) is 10.1. The molecule has 15 heavy (non-hydrogen) atoms. The molecule has 82 valence electrons. The minimum atomic E-state index is 0.823. The summed E-state index contributed by atoms with van der Waals surface area (Å²) in [5.41, 5.74) is 1.05. The molecule has 1 saturated carbocycles. The molecule has 0 saturated heterocycles. The first-order chi connectivity index (χ1) is 7.33. The summed E-state index contributed by atoms with van der Waals surface area (Å²) in [6, 6.07) is 5.84. The summed E-state index contributed by atoms with van der Waals surface area (Å²) in [6.45, 7) is 1.04. The van der Waals surface area contributed by atoms with Gasteiger partial charge < -0.3 is 14.8 Å². The minimum Gasteiger partial charge on any atom is -0.497 e. The molecule has 0 atom stereocenters. The second-order valence-corrected chi connectivity index (χ2v) is 3.89. The normalized spacial score (nSPS) is 14.8. The predicted molar refractivity (Wildman–Crippen MR) is 60.8 cm³/mol. The third-order valence-electron chi connectivity index (χ3n) is 2.69. The lowest BCUT2D eigenvalue weighted by Gasteiger charge is -2.11. The molecular formula is C12H17NO2. The van der Waals surface area contributed by atoms with Gasteiger partial charge in [-0.25, -0.2) is 0 Å². The van der Waals surface area contributed by atoms with Gasteiger partial charge in [0.25, 0.3) is 0 Å². The lowest BCUT2D eigenvalue weighted by Crippen LogP contribution is -2.04. The molecule has 1 N–H and O–H groups in total. The van der Waals surface area contributed by atoms with Crippen LogP contribution < -0.4 is 14.8 Å². The Labute approximate surface area is 90.4 Å². The first-order valence-corrected chi connectivity index (χ1v) is 5.29. The Morgan fingerprint density at radius 1 is 1.27 bits per heavy atom. The van der Waals surface area contributed by atoms with E-state index >= 15 is 0 Å². The molecule has 0 heterocycles. The van der Waals surface area contributed by atoms with Crippen molar-refractivity contribution in [3.05, 3.63) is 18.2 Å². The highest BCUT2D eigenvalue weighted by atomic mass is 16.5. The van der Waals surface area contributed by atoms with Crippen LogP contribution in [-0.2, 0) is 0 Å². The zero-order valence-corrected chi connectivity index (χ0v) is 9.25. The van der Waals surface area contributed by atoms with Crippen molar-refractivity contribution in [3.63, 3.8) is 0 Å². The van der Waals surface area contributed by atoms with Gasteiger partial charge in [-0.15, -0.1) is 0 Å². The summed E-state index contributed by atoms with van der Waals surface area (Å²) in [6.07, 6.45) is 2.71. The summed E-state index contributed by atoms with van der Waals surface area (Å²) in [4.78, 5) is 0. The van der Waals surface area contributed by atoms with Gasteiger partial charge in [0.15, 0.2) is 0 Å². The topological polar surface area (TPSA) is 30.5 Å². The fourth-order valence-electron chi connectivity index (χ4n) is 1.52. The first-order valence-electron chi connectivity index (χ1n) is 5.29. The molecule has 0 aliphatic heterocycles. The van der Waals surface area contributed by atoms with Crippen molar-refractivity contribution in [2.45, 2.75) is 12.8 Å². The second-order valence-electron chi connectivity index (χ2n) is 3.89. The maximum atomic E-state index is 5.30. The molecule has 1 aliphatic rings. The van der Waals surface area contributed by atoms with Gasteiger partial charge in [-0.2, -0.15) is 0 Å². The van der Waals surface area contributed by atoms with Gasteiger partial charge in [-0.3, -0.25) is 0 Å². The van der Waals surface area contributed by atoms with Crippen LogP contribution >= 0.6 is 0 Å². The summed E-state index contributed by atoms with van der Waals surface area (Å²) < 4.78 is 10.4. The van der Waals surface area contributed by atoms with Crippen LogP contribution in [0, 0.1) is 5.92 Å². The number of anilines is 1. The van der Waals surface area contributed by atoms with E-state index in [2.05, 4.69) is 5.32 Å². The van der Waals surface area contributed by atoms with Crippen molar-refractivity contribution in [1.82, 2.24) is 0 Å². The van der Waals surface area contributed by atoms with E-state index in [1.807, 2.05) is 18.2 Å². The van der Waals surface area contributed by atoms with Crippen LogP contribution in [0.25, 0.3) is 0 Å². The van der Waals surface area contributed by atoms with E-state index in [0.717, 1.165) is 29.6 Å². The van der Waals surface area contributed by atoms with Crippen molar-refractivity contribution < 1.29 is 9.47 Å². The van der Waals surface area contributed by atoms with Gasteiger partial charge >= 0.3 is 0 Å². The number of ether oxygens (including phenoxy) is 2. The number of rotatable bonds is 5. The summed E-state index contributed by atoms with van der Waals surface area (Å²) >= 11 is 0. The third kappa shape index (κ3) is 2.55. The summed E-state index contributed by atoms with van der Waals surface area (Å²) in [5.74, 6) is 2.52. The highest BCUT2D eigenvalue weighted by molar-refractivity contribution is 5.59. The maximum absolute atomic E-state index is 5.30. The molecule has 0 bridgehead atoms. The van der Waals surface area contributed by atoms with Crippen LogP contribution in [0.1, 0.15) is 12.8 Å². The van der Waals surface area contributed by atoms with Crippen molar-refractivity contribution in [3.8, 4) is 11.5 Å². The van der Waals surface area contributed by atoms with Crippen LogP contribution in [0.15, 0.2) is 18.2 Å². The molecular weight excluding hydrogens is 190 g/mol. The minimum absolute atomic E-state index is 0.823. The van der Waals surface area contributed by atoms with Crippen LogP contribution in [0.3, 0.4) is 0 Å². The molecule has 3 heteroatoms. The van der Waals surface area contributed by atoms with Gasteiger partial charge in [-0.05, 0) is 30.9 Å². The summed E-state index contributed by atoms with van der Waals surface area (Å²) in [5, 5.41) is 3.40. The van der Waals surface area contributed by atoms with Gasteiger partial charge in [0.2, 0.25) is 0 Å². The van der Waals surface area contributed by atoms with Crippen molar-refractivity contribution in [2.75, 3.05) is 26.1 Å². The number of benzene rings is 1. The fourth-order valence-corrected chi connectivity index (χ4v) is 1.52. The molecule has 1 aromatic rings. The largest absolute Gasteiger partial charge is 0.497 e. The molecule has 0 unspecified atom stereocenters. The SMILES string of the molecule is COc1ccc(NCC2CC2)c(OC)c1. The average molecular weight is 207 g/mol. The van der Waals surface area contributed by atoms with E-state index in [9.17, 15) is 0 Å². The lowest BCUT2D eigenvalue weighted by molar-refractivity contribution is 0.395. The maximum Gasteiger partial charge on any atom is 0.145 e. The van der Waals surface area contributed by atoms with Gasteiger partial charge in [0, 0.05) is 12.6 Å². The number of methoxy groups -OCH3 is 2. The van der Waals surface area contributed by atoms with Crippen LogP contribution in [-0.4, -0.2) is 20.8 Å². The van der Waals surface area contributed by atoms with Crippen molar-refractivity contribution >= 4 is 5.69 Å². The Hall–Kier alpha value is -1.38. The van der Waals surface area contributed by atoms with Crippen molar-refractivity contribution in [1.29, 1.82) is 0 Å². The zero-order chi connectivity index (χ0) is 10.7. The fraction of sp³-hybridized carbons (Fsp3) is 0.500. The Morgan fingerprint density at radius 3 is 2.67 bits per heavy atom. The zero-order valence-electron chi connectivity index (χ0n) is 9.25. The quantitative estimate of drug-likeness (QED) is 0.804. The molecule has 1 aromatic carbocycles. The van der Waals surface area contributed by atoms with E-state index in [0.29, 0.717) is 0 Å². The van der Waals surface area contributed by atoms with E-state index in [4.69, 9.17) is 9.47 Å². The predicted octanol–water partition coefficient (Wildman–Crippen LogP) is 2.53. The van der Waals surface area contributed by atoms with Gasteiger partial charge in [0.05, 0.1) is 19.9 Å². The molecule has 1 fully saturated rings. The van der Waals surface area contributed by atoms with Gasteiger partial charge in [0.1, 0.15) is 11.5 Å². The highest BCUT2D eigenvalue weighted by Crippen LogP contribution is 2.32. The Bertz CT molecular complexity index is 334. The lowest BCUT2D eigenvalue weighted by atomic mass is 10.2. The highest BCUT2D eigenvalue weighted by Gasteiger charge is 2.21. The van der Waals surface area contributed by atoms with Crippen LogP contribution in [0.2, 0.25) is 0 Å². The molecule has 1 aliphatic carbocycles. The van der Waals surface area contributed by atoms with E-state index in [1.54, 1.807) is 14.2 Å². The Kier molecular flexibility index (Phi) is 2.99. The Morgan fingerprint density at radius 2 is 2.07 bits per heavy atom. The van der Waals surface area contributed by atoms with Crippen LogP contribution in [0.5, 0.6) is 11.5 Å². The van der Waals surface area contributed by atoms with Crippen molar-refractivity contribution in [2.24, 2.45) is 5.92 Å². The van der Waals surface area contributed by atoms with Gasteiger partial charge in [-0.1, -0.05) is 0 Å².